The van der Waals surface area contributed by atoms with E-state index in [4.69, 9.17) is 0 Å². The Morgan fingerprint density at radius 3 is 2.74 bits per heavy atom. The topological polar surface area (TPSA) is 66.6 Å². The number of aliphatic hydroxyl groups is 1. The molecule has 3 rings (SSSR count). The maximum atomic E-state index is 10.9. The van der Waals surface area contributed by atoms with Crippen molar-refractivity contribution >= 4 is 21.6 Å². The molecule has 1 saturated carbocycles. The van der Waals surface area contributed by atoms with Crippen LogP contribution in [0, 0.1) is 16.0 Å². The van der Waals surface area contributed by atoms with Gasteiger partial charge in [-0.2, -0.15) is 0 Å². The van der Waals surface area contributed by atoms with E-state index in [1.54, 1.807) is 6.07 Å². The van der Waals surface area contributed by atoms with Crippen molar-refractivity contribution in [2.45, 2.75) is 25.0 Å². The summed E-state index contributed by atoms with van der Waals surface area (Å²) in [5, 5.41) is 21.1. The van der Waals surface area contributed by atoms with Crippen LogP contribution in [0.4, 0.5) is 5.69 Å². The highest BCUT2D eigenvalue weighted by atomic mass is 79.9. The van der Waals surface area contributed by atoms with E-state index >= 15 is 0 Å². The van der Waals surface area contributed by atoms with E-state index in [0.717, 1.165) is 18.4 Å². The van der Waals surface area contributed by atoms with Crippen LogP contribution in [0.25, 0.3) is 0 Å². The van der Waals surface area contributed by atoms with Gasteiger partial charge in [-0.3, -0.25) is 15.0 Å². The molecule has 2 aliphatic rings. The van der Waals surface area contributed by atoms with Crippen LogP contribution in [-0.4, -0.2) is 33.6 Å². The third kappa shape index (κ3) is 2.40. The molecule has 5 nitrogen and oxygen atoms in total. The van der Waals surface area contributed by atoms with E-state index in [1.165, 1.54) is 6.07 Å². The second-order valence-corrected chi connectivity index (χ2v) is 6.32. The quantitative estimate of drug-likeness (QED) is 0.681. The minimum atomic E-state index is -0.507. The highest BCUT2D eigenvalue weighted by Gasteiger charge is 2.51. The van der Waals surface area contributed by atoms with Crippen molar-refractivity contribution in [1.29, 1.82) is 0 Å². The number of hydrogen-bond acceptors (Lipinski definition) is 4. The van der Waals surface area contributed by atoms with Crippen molar-refractivity contribution in [3.63, 3.8) is 0 Å². The fraction of sp³-hybridized carbons (Fsp3) is 0.538. The minimum Gasteiger partial charge on any atom is -0.387 e. The standard InChI is InChI=1S/C13H15BrN2O3/c14-12-9(2-1-3-11(12)16(18)19)6-15-7-13(17,8-15)10-4-5-10/h1-3,10,17H,4-8H2. The zero-order chi connectivity index (χ0) is 13.6. The molecule has 1 aliphatic heterocycles. The average molecular weight is 327 g/mol. The Morgan fingerprint density at radius 2 is 2.16 bits per heavy atom. The Balaban J connectivity index is 1.68. The summed E-state index contributed by atoms with van der Waals surface area (Å²) < 4.78 is 0.543. The first-order chi connectivity index (χ1) is 8.99. The van der Waals surface area contributed by atoms with Crippen molar-refractivity contribution in [3.8, 4) is 0 Å². The van der Waals surface area contributed by atoms with Crippen LogP contribution in [-0.2, 0) is 6.54 Å². The fourth-order valence-electron chi connectivity index (χ4n) is 2.79. The normalized spacial score (nSPS) is 22.0. The summed E-state index contributed by atoms with van der Waals surface area (Å²) in [6.07, 6.45) is 2.26. The van der Waals surface area contributed by atoms with Gasteiger partial charge in [0, 0.05) is 25.7 Å². The summed E-state index contributed by atoms with van der Waals surface area (Å²) in [6, 6.07) is 5.07. The summed E-state index contributed by atoms with van der Waals surface area (Å²) in [6.45, 7) is 1.98. The van der Waals surface area contributed by atoms with Crippen molar-refractivity contribution in [1.82, 2.24) is 4.90 Å². The molecule has 1 aliphatic carbocycles. The van der Waals surface area contributed by atoms with Gasteiger partial charge in [-0.05, 0) is 40.3 Å². The molecule has 1 N–H and O–H groups in total. The molecule has 0 radical (unpaired) electrons. The van der Waals surface area contributed by atoms with Crippen LogP contribution in [0.2, 0.25) is 0 Å². The Hall–Kier alpha value is -0.980. The van der Waals surface area contributed by atoms with Crippen LogP contribution in [0.1, 0.15) is 18.4 Å². The highest BCUT2D eigenvalue weighted by Crippen LogP contribution is 2.45. The average Bonchev–Trinajstić information content (AvgIpc) is 3.13. The monoisotopic (exact) mass is 326 g/mol. The number of β-amino-alcohol motifs (C(OH)–C–C–N with tert-alkyl or cyclic N) is 1. The molecule has 1 saturated heterocycles. The van der Waals surface area contributed by atoms with Gasteiger partial charge in [0.1, 0.15) is 0 Å². The molecule has 19 heavy (non-hydrogen) atoms. The van der Waals surface area contributed by atoms with E-state index in [-0.39, 0.29) is 10.6 Å². The maximum absolute atomic E-state index is 10.9. The summed E-state index contributed by atoms with van der Waals surface area (Å²) in [5.74, 6) is 0.470. The minimum absolute atomic E-state index is 0.0930. The van der Waals surface area contributed by atoms with E-state index in [2.05, 4.69) is 20.8 Å². The predicted molar refractivity (Wildman–Crippen MR) is 73.7 cm³/mol. The lowest BCUT2D eigenvalue weighted by Crippen LogP contribution is -2.62. The zero-order valence-corrected chi connectivity index (χ0v) is 12.0. The van der Waals surface area contributed by atoms with E-state index in [9.17, 15) is 15.2 Å². The van der Waals surface area contributed by atoms with Gasteiger partial charge in [0.15, 0.2) is 0 Å². The first-order valence-electron chi connectivity index (χ1n) is 6.36. The number of nitrogens with zero attached hydrogens (tertiary/aromatic N) is 2. The molecule has 0 bridgehead atoms. The number of likely N-dealkylation sites (tertiary alicyclic amines) is 1. The SMILES string of the molecule is O=[N+]([O-])c1cccc(CN2CC(O)(C3CC3)C2)c1Br. The molecule has 1 aromatic rings. The first kappa shape index (κ1) is 13.0. The Labute approximate surface area is 119 Å². The lowest BCUT2D eigenvalue weighted by molar-refractivity contribution is -0.385. The fourth-order valence-corrected chi connectivity index (χ4v) is 3.32. The Kier molecular flexibility index (Phi) is 3.11. The molecular weight excluding hydrogens is 312 g/mol. The second-order valence-electron chi connectivity index (χ2n) is 5.53. The second kappa shape index (κ2) is 4.54. The molecule has 0 spiro atoms. The molecule has 6 heteroatoms. The van der Waals surface area contributed by atoms with Gasteiger partial charge in [-0.25, -0.2) is 0 Å². The smallest absolute Gasteiger partial charge is 0.283 e. The predicted octanol–water partition coefficient (Wildman–Crippen LogP) is 2.31. The van der Waals surface area contributed by atoms with E-state index in [1.807, 2.05) is 6.07 Å². The van der Waals surface area contributed by atoms with Crippen molar-refractivity contribution in [2.75, 3.05) is 13.1 Å². The number of nitro benzene ring substituents is 1. The number of halogens is 1. The van der Waals surface area contributed by atoms with Gasteiger partial charge in [0.25, 0.3) is 5.69 Å². The number of benzene rings is 1. The third-order valence-electron chi connectivity index (χ3n) is 3.98. The third-order valence-corrected chi connectivity index (χ3v) is 4.90. The summed E-state index contributed by atoms with van der Waals surface area (Å²) in [4.78, 5) is 12.6. The molecule has 0 atom stereocenters. The highest BCUT2D eigenvalue weighted by molar-refractivity contribution is 9.10. The lowest BCUT2D eigenvalue weighted by atomic mass is 9.88. The molecule has 1 aromatic carbocycles. The van der Waals surface area contributed by atoms with Crippen LogP contribution < -0.4 is 0 Å². The van der Waals surface area contributed by atoms with Crippen molar-refractivity contribution in [3.05, 3.63) is 38.3 Å². The van der Waals surface area contributed by atoms with Gasteiger partial charge in [0.2, 0.25) is 0 Å². The molecule has 102 valence electrons. The van der Waals surface area contributed by atoms with Crippen LogP contribution >= 0.6 is 15.9 Å². The van der Waals surface area contributed by atoms with Gasteiger partial charge in [0.05, 0.1) is 15.0 Å². The van der Waals surface area contributed by atoms with E-state index < -0.39 is 5.60 Å². The zero-order valence-electron chi connectivity index (χ0n) is 10.4. The van der Waals surface area contributed by atoms with E-state index in [0.29, 0.717) is 30.0 Å². The number of nitro groups is 1. The van der Waals surface area contributed by atoms with Crippen LogP contribution in [0.15, 0.2) is 22.7 Å². The Bertz CT molecular complexity index is 525. The van der Waals surface area contributed by atoms with Gasteiger partial charge < -0.3 is 5.11 Å². The van der Waals surface area contributed by atoms with Crippen LogP contribution in [0.5, 0.6) is 0 Å². The number of hydrogen-bond donors (Lipinski definition) is 1. The van der Waals surface area contributed by atoms with Gasteiger partial charge in [-0.15, -0.1) is 0 Å². The lowest BCUT2D eigenvalue weighted by Gasteiger charge is -2.47. The van der Waals surface area contributed by atoms with Crippen LogP contribution in [0.3, 0.4) is 0 Å². The molecule has 2 fully saturated rings. The first-order valence-corrected chi connectivity index (χ1v) is 7.15. The Morgan fingerprint density at radius 1 is 1.47 bits per heavy atom. The largest absolute Gasteiger partial charge is 0.387 e. The summed E-state index contributed by atoms with van der Waals surface area (Å²) >= 11 is 3.30. The van der Waals surface area contributed by atoms with Crippen molar-refractivity contribution in [2.24, 2.45) is 5.92 Å². The maximum Gasteiger partial charge on any atom is 0.283 e. The molecule has 0 amide bonds. The number of rotatable bonds is 4. The summed E-state index contributed by atoms with van der Waals surface area (Å²) in [7, 11) is 0. The molecule has 1 heterocycles. The molecular formula is C13H15BrN2O3. The molecule has 0 aromatic heterocycles. The van der Waals surface area contributed by atoms with Gasteiger partial charge >= 0.3 is 0 Å². The van der Waals surface area contributed by atoms with Crippen molar-refractivity contribution < 1.29 is 10.0 Å². The summed E-state index contributed by atoms with van der Waals surface area (Å²) in [5.41, 5.74) is 0.482. The van der Waals surface area contributed by atoms with Gasteiger partial charge in [-0.1, -0.05) is 12.1 Å². The molecule has 0 unspecified atom stereocenters.